The van der Waals surface area contributed by atoms with Crippen molar-refractivity contribution in [3.05, 3.63) is 29.8 Å². The smallest absolute Gasteiger partial charge is 0.322 e. The van der Waals surface area contributed by atoms with Crippen molar-refractivity contribution in [1.82, 2.24) is 9.80 Å². The molecule has 0 aromatic heterocycles. The van der Waals surface area contributed by atoms with Crippen LogP contribution in [-0.4, -0.2) is 42.8 Å². The van der Waals surface area contributed by atoms with Crippen LogP contribution in [0.5, 0.6) is 0 Å². The Bertz CT molecular complexity index is 402. The molecule has 1 heterocycles. The molecule has 0 bridgehead atoms. The Morgan fingerprint density at radius 2 is 1.82 bits per heavy atom. The first-order valence-electron chi connectivity index (χ1n) is 5.93. The fourth-order valence-corrected chi connectivity index (χ4v) is 2.02. The third-order valence-corrected chi connectivity index (χ3v) is 3.10. The number of anilines is 1. The molecule has 1 saturated heterocycles. The first-order chi connectivity index (χ1) is 8.11. The number of amides is 2. The van der Waals surface area contributed by atoms with E-state index in [4.69, 9.17) is 0 Å². The Morgan fingerprint density at radius 1 is 1.18 bits per heavy atom. The maximum absolute atomic E-state index is 11.8. The minimum absolute atomic E-state index is 0.107. The van der Waals surface area contributed by atoms with Gasteiger partial charge >= 0.3 is 6.03 Å². The average molecular weight is 233 g/mol. The van der Waals surface area contributed by atoms with E-state index in [1.807, 2.05) is 18.9 Å². The van der Waals surface area contributed by atoms with Gasteiger partial charge in [0.1, 0.15) is 0 Å². The van der Waals surface area contributed by atoms with E-state index >= 15 is 0 Å². The van der Waals surface area contributed by atoms with Crippen LogP contribution in [-0.2, 0) is 0 Å². The van der Waals surface area contributed by atoms with E-state index in [9.17, 15) is 4.79 Å². The van der Waals surface area contributed by atoms with Crippen molar-refractivity contribution in [2.45, 2.75) is 13.8 Å². The van der Waals surface area contributed by atoms with Crippen LogP contribution in [0.1, 0.15) is 12.5 Å². The maximum atomic E-state index is 11.8. The highest BCUT2D eigenvalue weighted by Crippen LogP contribution is 2.19. The van der Waals surface area contributed by atoms with Crippen LogP contribution in [0.4, 0.5) is 10.5 Å². The molecule has 4 nitrogen and oxygen atoms in total. The Balaban J connectivity index is 2.17. The van der Waals surface area contributed by atoms with E-state index in [0.29, 0.717) is 13.3 Å². The lowest BCUT2D eigenvalue weighted by molar-refractivity contribution is 0.145. The molecule has 1 aromatic carbocycles. The van der Waals surface area contributed by atoms with Crippen LogP contribution < -0.4 is 4.90 Å². The zero-order valence-corrected chi connectivity index (χ0v) is 10.7. The van der Waals surface area contributed by atoms with Gasteiger partial charge in [-0.1, -0.05) is 17.7 Å². The molecule has 0 saturated carbocycles. The molecule has 1 aliphatic heterocycles. The van der Waals surface area contributed by atoms with E-state index < -0.39 is 0 Å². The number of carbonyl (C=O) groups excluding carboxylic acids is 1. The van der Waals surface area contributed by atoms with Gasteiger partial charge < -0.3 is 14.7 Å². The summed E-state index contributed by atoms with van der Waals surface area (Å²) in [4.78, 5) is 17.6. The van der Waals surface area contributed by atoms with E-state index in [-0.39, 0.29) is 6.03 Å². The quantitative estimate of drug-likeness (QED) is 0.782. The second-order valence-electron chi connectivity index (χ2n) is 4.49. The number of hydrogen-bond donors (Lipinski definition) is 0. The second kappa shape index (κ2) is 4.65. The first kappa shape index (κ1) is 11.8. The van der Waals surface area contributed by atoms with Crippen molar-refractivity contribution in [2.24, 2.45) is 0 Å². The summed E-state index contributed by atoms with van der Waals surface area (Å²) in [5, 5.41) is 0. The fraction of sp³-hybridized carbons (Fsp3) is 0.462. The van der Waals surface area contributed by atoms with Crippen molar-refractivity contribution in [1.29, 1.82) is 0 Å². The van der Waals surface area contributed by atoms with Gasteiger partial charge in [0, 0.05) is 19.3 Å². The molecule has 0 N–H and O–H groups in total. The van der Waals surface area contributed by atoms with Crippen LogP contribution in [0.25, 0.3) is 0 Å². The molecule has 0 spiro atoms. The van der Waals surface area contributed by atoms with Crippen molar-refractivity contribution in [3.63, 3.8) is 0 Å². The Hall–Kier alpha value is -1.71. The van der Waals surface area contributed by atoms with Crippen LogP contribution >= 0.6 is 0 Å². The van der Waals surface area contributed by atoms with Crippen LogP contribution in [0.3, 0.4) is 0 Å². The summed E-state index contributed by atoms with van der Waals surface area (Å²) >= 11 is 0. The Morgan fingerprint density at radius 3 is 2.41 bits per heavy atom. The number of aryl methyl sites for hydroxylation is 1. The molecular weight excluding hydrogens is 214 g/mol. The molecule has 2 amide bonds. The lowest BCUT2D eigenvalue weighted by Crippen LogP contribution is -2.56. The number of nitrogens with zero attached hydrogens (tertiary/aromatic N) is 3. The van der Waals surface area contributed by atoms with Crippen LogP contribution in [0, 0.1) is 6.92 Å². The molecule has 1 fully saturated rings. The zero-order valence-electron chi connectivity index (χ0n) is 10.7. The van der Waals surface area contributed by atoms with E-state index in [1.165, 1.54) is 5.56 Å². The normalized spacial score (nSPS) is 16.6. The summed E-state index contributed by atoms with van der Waals surface area (Å²) < 4.78 is 0. The van der Waals surface area contributed by atoms with Gasteiger partial charge in [-0.2, -0.15) is 0 Å². The summed E-state index contributed by atoms with van der Waals surface area (Å²) in [5.41, 5.74) is 2.41. The van der Waals surface area contributed by atoms with Gasteiger partial charge in [-0.25, -0.2) is 4.79 Å². The van der Waals surface area contributed by atoms with Gasteiger partial charge in [0.2, 0.25) is 0 Å². The molecule has 17 heavy (non-hydrogen) atoms. The van der Waals surface area contributed by atoms with E-state index in [1.54, 1.807) is 4.90 Å². The molecule has 2 rings (SSSR count). The number of carbonyl (C=O) groups is 1. The molecular formula is C13H19N3O. The molecule has 0 radical (unpaired) electrons. The lowest BCUT2D eigenvalue weighted by Gasteiger charge is -2.41. The highest BCUT2D eigenvalue weighted by Gasteiger charge is 2.26. The Labute approximate surface area is 102 Å². The molecule has 0 atom stereocenters. The van der Waals surface area contributed by atoms with Gasteiger partial charge in [-0.3, -0.25) is 0 Å². The molecule has 4 heteroatoms. The van der Waals surface area contributed by atoms with Gasteiger partial charge in [0.05, 0.1) is 13.3 Å². The van der Waals surface area contributed by atoms with Gasteiger partial charge in [-0.05, 0) is 26.0 Å². The maximum Gasteiger partial charge on any atom is 0.322 e. The number of rotatable bonds is 2. The van der Waals surface area contributed by atoms with Crippen LogP contribution in [0.15, 0.2) is 24.3 Å². The molecule has 1 aliphatic rings. The van der Waals surface area contributed by atoms with E-state index in [0.717, 1.165) is 12.2 Å². The standard InChI is InChI=1S/C13H19N3O/c1-4-15-10-16(9-14(3)13(15)17)12-7-5-11(2)6-8-12/h5-8H,4,9-10H2,1-3H3. The molecule has 0 unspecified atom stereocenters. The third-order valence-electron chi connectivity index (χ3n) is 3.10. The highest BCUT2D eigenvalue weighted by atomic mass is 16.2. The largest absolute Gasteiger partial charge is 0.336 e. The van der Waals surface area contributed by atoms with Gasteiger partial charge in [0.15, 0.2) is 0 Å². The first-order valence-corrected chi connectivity index (χ1v) is 5.93. The van der Waals surface area contributed by atoms with Crippen LogP contribution in [0.2, 0.25) is 0 Å². The third kappa shape index (κ3) is 2.35. The summed E-state index contributed by atoms with van der Waals surface area (Å²) in [6, 6.07) is 8.51. The number of benzene rings is 1. The molecule has 92 valence electrons. The van der Waals surface area contributed by atoms with Crippen molar-refractivity contribution >= 4 is 11.7 Å². The fourth-order valence-electron chi connectivity index (χ4n) is 2.02. The SMILES string of the molecule is CCN1CN(c2ccc(C)cc2)CN(C)C1=O. The second-order valence-corrected chi connectivity index (χ2v) is 4.49. The van der Waals surface area contributed by atoms with Gasteiger partial charge in [-0.15, -0.1) is 0 Å². The monoisotopic (exact) mass is 233 g/mol. The predicted molar refractivity (Wildman–Crippen MR) is 68.9 cm³/mol. The number of hydrogen-bond acceptors (Lipinski definition) is 2. The highest BCUT2D eigenvalue weighted by molar-refractivity contribution is 5.76. The Kier molecular flexibility index (Phi) is 3.22. The average Bonchev–Trinajstić information content (AvgIpc) is 2.33. The minimum Gasteiger partial charge on any atom is -0.336 e. The predicted octanol–water partition coefficient (Wildman–Crippen LogP) is 2.10. The lowest BCUT2D eigenvalue weighted by atomic mass is 10.2. The van der Waals surface area contributed by atoms with Crippen molar-refractivity contribution in [2.75, 3.05) is 31.8 Å². The summed E-state index contributed by atoms with van der Waals surface area (Å²) in [5.74, 6) is 0. The molecule has 0 aliphatic carbocycles. The summed E-state index contributed by atoms with van der Waals surface area (Å²) in [6.45, 7) is 6.14. The number of urea groups is 1. The van der Waals surface area contributed by atoms with Gasteiger partial charge in [0.25, 0.3) is 0 Å². The van der Waals surface area contributed by atoms with E-state index in [2.05, 4.69) is 36.1 Å². The zero-order chi connectivity index (χ0) is 12.4. The molecule has 1 aromatic rings. The van der Waals surface area contributed by atoms with Crippen molar-refractivity contribution in [3.8, 4) is 0 Å². The topological polar surface area (TPSA) is 26.8 Å². The summed E-state index contributed by atoms with van der Waals surface area (Å²) in [7, 11) is 1.84. The summed E-state index contributed by atoms with van der Waals surface area (Å²) in [6.07, 6.45) is 0. The minimum atomic E-state index is 0.107. The van der Waals surface area contributed by atoms with Crippen molar-refractivity contribution < 1.29 is 4.79 Å².